The molecule has 0 saturated carbocycles. The molecule has 1 aliphatic rings. The molecule has 0 saturated heterocycles. The Hall–Kier alpha value is -1.84. The first-order valence-electron chi connectivity index (χ1n) is 5.14. The Morgan fingerprint density at radius 3 is 2.56 bits per heavy atom. The number of nitrogens with zero attached hydrogens (tertiary/aromatic N) is 2. The molecule has 0 aliphatic carbocycles. The average molecular weight is 218 g/mol. The zero-order valence-corrected chi connectivity index (χ0v) is 9.60. The Morgan fingerprint density at radius 2 is 2.00 bits per heavy atom. The summed E-state index contributed by atoms with van der Waals surface area (Å²) in [6, 6.07) is 9.59. The Labute approximate surface area is 94.5 Å². The van der Waals surface area contributed by atoms with E-state index in [1.54, 1.807) is 6.92 Å². The van der Waals surface area contributed by atoms with Gasteiger partial charge in [-0.05, 0) is 0 Å². The van der Waals surface area contributed by atoms with Gasteiger partial charge in [-0.3, -0.25) is 4.79 Å². The lowest BCUT2D eigenvalue weighted by Crippen LogP contribution is -2.41. The van der Waals surface area contributed by atoms with Gasteiger partial charge in [0.15, 0.2) is 0 Å². The highest BCUT2D eigenvalue weighted by Gasteiger charge is 2.43. The Kier molecular flexibility index (Phi) is 2.42. The molecule has 4 heteroatoms. The number of benzene rings is 1. The summed E-state index contributed by atoms with van der Waals surface area (Å²) in [6.45, 7) is 5.06. The van der Waals surface area contributed by atoms with Gasteiger partial charge in [-0.25, -0.2) is 0 Å². The maximum atomic E-state index is 11.5. The van der Waals surface area contributed by atoms with Crippen LogP contribution in [0.1, 0.15) is 26.3 Å². The maximum absolute atomic E-state index is 11.5. The largest absolute Gasteiger partial charge is 0.448 e. The number of hydrazone groups is 1. The number of carbonyl (C=O) groups excluding carboxylic acids is 1. The van der Waals surface area contributed by atoms with Crippen molar-refractivity contribution in [3.8, 4) is 0 Å². The van der Waals surface area contributed by atoms with Crippen molar-refractivity contribution in [1.82, 2.24) is 5.01 Å². The lowest BCUT2D eigenvalue weighted by atomic mass is 10.0. The van der Waals surface area contributed by atoms with Gasteiger partial charge in [0.25, 0.3) is 0 Å². The van der Waals surface area contributed by atoms with Crippen LogP contribution in [0.15, 0.2) is 35.4 Å². The van der Waals surface area contributed by atoms with E-state index in [1.807, 2.05) is 37.3 Å². The molecule has 1 atom stereocenters. The molecule has 0 spiro atoms. The predicted molar refractivity (Wildman–Crippen MR) is 60.5 cm³/mol. The van der Waals surface area contributed by atoms with E-state index in [1.165, 1.54) is 11.9 Å². The molecule has 0 aromatic heterocycles. The Balaban J connectivity index is 2.43. The summed E-state index contributed by atoms with van der Waals surface area (Å²) in [7, 11) is 0. The van der Waals surface area contributed by atoms with Gasteiger partial charge in [-0.2, -0.15) is 5.01 Å². The lowest BCUT2D eigenvalue weighted by Gasteiger charge is -2.30. The number of carbonyl (C=O) groups is 1. The second-order valence-electron chi connectivity index (χ2n) is 3.90. The first-order valence-corrected chi connectivity index (χ1v) is 5.14. The molecule has 1 heterocycles. The van der Waals surface area contributed by atoms with Crippen molar-refractivity contribution < 1.29 is 9.53 Å². The van der Waals surface area contributed by atoms with Crippen LogP contribution in [-0.4, -0.2) is 16.8 Å². The highest BCUT2D eigenvalue weighted by atomic mass is 16.6. The summed E-state index contributed by atoms with van der Waals surface area (Å²) in [5.41, 5.74) is 0.0859. The SMILES string of the molecule is CC(=O)N1N=C(C)OC1(C)c1ccccc1. The van der Waals surface area contributed by atoms with Crippen LogP contribution in [0, 0.1) is 0 Å². The van der Waals surface area contributed by atoms with Crippen molar-refractivity contribution in [3.05, 3.63) is 35.9 Å². The van der Waals surface area contributed by atoms with E-state index in [-0.39, 0.29) is 5.91 Å². The summed E-state index contributed by atoms with van der Waals surface area (Å²) < 4.78 is 5.66. The Morgan fingerprint density at radius 1 is 1.38 bits per heavy atom. The van der Waals surface area contributed by atoms with Gasteiger partial charge < -0.3 is 4.74 Å². The van der Waals surface area contributed by atoms with Gasteiger partial charge in [-0.15, -0.1) is 5.10 Å². The number of rotatable bonds is 1. The van der Waals surface area contributed by atoms with Gasteiger partial charge in [0.1, 0.15) is 0 Å². The van der Waals surface area contributed by atoms with Crippen molar-refractivity contribution in [2.45, 2.75) is 26.5 Å². The van der Waals surface area contributed by atoms with Crippen LogP contribution >= 0.6 is 0 Å². The predicted octanol–water partition coefficient (Wildman–Crippen LogP) is 2.07. The molecule has 0 N–H and O–H groups in total. The smallest absolute Gasteiger partial charge is 0.243 e. The second-order valence-corrected chi connectivity index (χ2v) is 3.90. The second kappa shape index (κ2) is 3.63. The van der Waals surface area contributed by atoms with E-state index in [2.05, 4.69) is 5.10 Å². The van der Waals surface area contributed by atoms with Crippen LogP contribution in [-0.2, 0) is 15.3 Å². The highest BCUT2D eigenvalue weighted by molar-refractivity contribution is 5.82. The third kappa shape index (κ3) is 1.56. The summed E-state index contributed by atoms with van der Waals surface area (Å²) in [4.78, 5) is 11.5. The fraction of sp³-hybridized carbons (Fsp3) is 0.333. The van der Waals surface area contributed by atoms with E-state index in [0.717, 1.165) is 5.56 Å². The lowest BCUT2D eigenvalue weighted by molar-refractivity contribution is -0.146. The normalized spacial score (nSPS) is 23.9. The minimum absolute atomic E-state index is 0.136. The van der Waals surface area contributed by atoms with Crippen LogP contribution in [0.4, 0.5) is 0 Å². The van der Waals surface area contributed by atoms with Crippen LogP contribution in [0.25, 0.3) is 0 Å². The third-order valence-corrected chi connectivity index (χ3v) is 2.60. The van der Waals surface area contributed by atoms with Gasteiger partial charge >= 0.3 is 0 Å². The van der Waals surface area contributed by atoms with Crippen LogP contribution in [0.3, 0.4) is 0 Å². The number of amides is 1. The number of hydrogen-bond acceptors (Lipinski definition) is 3. The van der Waals surface area contributed by atoms with Crippen molar-refractivity contribution in [3.63, 3.8) is 0 Å². The van der Waals surface area contributed by atoms with E-state index in [0.29, 0.717) is 5.90 Å². The first-order chi connectivity index (χ1) is 7.54. The van der Waals surface area contributed by atoms with Crippen LogP contribution in [0.2, 0.25) is 0 Å². The molecule has 2 rings (SSSR count). The molecule has 1 unspecified atom stereocenters. The fourth-order valence-corrected chi connectivity index (χ4v) is 1.89. The van der Waals surface area contributed by atoms with E-state index in [4.69, 9.17) is 4.74 Å². The Bertz CT molecular complexity index is 442. The molecule has 16 heavy (non-hydrogen) atoms. The average Bonchev–Trinajstić information content (AvgIpc) is 2.57. The highest BCUT2D eigenvalue weighted by Crippen LogP contribution is 2.34. The summed E-state index contributed by atoms with van der Waals surface area (Å²) in [6.07, 6.45) is 0. The summed E-state index contributed by atoms with van der Waals surface area (Å²) >= 11 is 0. The quantitative estimate of drug-likeness (QED) is 0.724. The molecule has 0 bridgehead atoms. The van der Waals surface area contributed by atoms with E-state index in [9.17, 15) is 4.79 Å². The molecule has 4 nitrogen and oxygen atoms in total. The molecule has 0 radical (unpaired) electrons. The van der Waals surface area contributed by atoms with Crippen molar-refractivity contribution in [2.24, 2.45) is 5.10 Å². The summed E-state index contributed by atoms with van der Waals surface area (Å²) in [5.74, 6) is 0.366. The van der Waals surface area contributed by atoms with E-state index >= 15 is 0 Å². The molecule has 1 amide bonds. The number of hydrogen-bond donors (Lipinski definition) is 0. The molecule has 1 aromatic carbocycles. The van der Waals surface area contributed by atoms with Gasteiger partial charge in [0.05, 0.1) is 0 Å². The van der Waals surface area contributed by atoms with Gasteiger partial charge in [-0.1, -0.05) is 30.3 Å². The molecular formula is C12H14N2O2. The minimum atomic E-state index is -0.822. The van der Waals surface area contributed by atoms with Crippen LogP contribution < -0.4 is 0 Å². The maximum Gasteiger partial charge on any atom is 0.243 e. The standard InChI is InChI=1S/C12H14N2O2/c1-9-13-14(10(2)15)12(3,16-9)11-7-5-4-6-8-11/h4-8H,1-3H3. The monoisotopic (exact) mass is 218 g/mol. The zero-order chi connectivity index (χ0) is 11.8. The molecule has 84 valence electrons. The molecular weight excluding hydrogens is 204 g/mol. The fourth-order valence-electron chi connectivity index (χ4n) is 1.89. The topological polar surface area (TPSA) is 41.9 Å². The van der Waals surface area contributed by atoms with Crippen molar-refractivity contribution in [1.29, 1.82) is 0 Å². The van der Waals surface area contributed by atoms with Gasteiger partial charge in [0.2, 0.25) is 17.5 Å². The summed E-state index contributed by atoms with van der Waals surface area (Å²) in [5, 5.41) is 5.47. The van der Waals surface area contributed by atoms with Crippen molar-refractivity contribution in [2.75, 3.05) is 0 Å². The van der Waals surface area contributed by atoms with Crippen LogP contribution in [0.5, 0.6) is 0 Å². The third-order valence-electron chi connectivity index (χ3n) is 2.60. The van der Waals surface area contributed by atoms with E-state index < -0.39 is 5.72 Å². The molecule has 1 aliphatic heterocycles. The van der Waals surface area contributed by atoms with Crippen molar-refractivity contribution >= 4 is 11.8 Å². The zero-order valence-electron chi connectivity index (χ0n) is 9.60. The molecule has 0 fully saturated rings. The first kappa shape index (κ1) is 10.7. The minimum Gasteiger partial charge on any atom is -0.448 e. The number of ether oxygens (including phenoxy) is 1. The molecule has 1 aromatic rings. The van der Waals surface area contributed by atoms with Gasteiger partial charge in [0, 0.05) is 26.3 Å².